The number of amides is 2. The highest BCUT2D eigenvalue weighted by atomic mass is 19.1. The van der Waals surface area contributed by atoms with Gasteiger partial charge >= 0.3 is 6.09 Å². The highest BCUT2D eigenvalue weighted by molar-refractivity contribution is 6.19. The minimum atomic E-state index is -1.81. The van der Waals surface area contributed by atoms with Crippen LogP contribution in [0.2, 0.25) is 0 Å². The molecule has 0 aromatic heterocycles. The van der Waals surface area contributed by atoms with E-state index in [9.17, 15) is 14.0 Å². The minimum absolute atomic E-state index is 0.235. The summed E-state index contributed by atoms with van der Waals surface area (Å²) in [4.78, 5) is 24.9. The van der Waals surface area contributed by atoms with E-state index >= 15 is 0 Å². The number of fused-ring (bicyclic) bond motifs is 1. The summed E-state index contributed by atoms with van der Waals surface area (Å²) in [5.74, 6) is -0.886. The standard InChI is InChI=1S/C15H18FNO3/c1-8-6-9(2)12-10(7-8)11(16)13(18)17(12)14(19)20-15(3,4)5/h6-7,11H,1-5H3. The predicted molar refractivity (Wildman–Crippen MR) is 73.5 cm³/mol. The number of nitrogens with zero attached hydrogens (tertiary/aromatic N) is 1. The molecule has 108 valence electrons. The molecule has 20 heavy (non-hydrogen) atoms. The van der Waals surface area contributed by atoms with Crippen molar-refractivity contribution < 1.29 is 18.7 Å². The van der Waals surface area contributed by atoms with Crippen LogP contribution in [0.5, 0.6) is 0 Å². The Morgan fingerprint density at radius 2 is 1.90 bits per heavy atom. The van der Waals surface area contributed by atoms with Crippen LogP contribution in [0, 0.1) is 13.8 Å². The van der Waals surface area contributed by atoms with Crippen LogP contribution in [0.1, 0.15) is 43.6 Å². The maximum atomic E-state index is 14.1. The molecule has 0 fully saturated rings. The Kier molecular flexibility index (Phi) is 3.32. The van der Waals surface area contributed by atoms with Crippen molar-refractivity contribution >= 4 is 17.7 Å². The van der Waals surface area contributed by atoms with Gasteiger partial charge in [-0.3, -0.25) is 4.79 Å². The van der Waals surface area contributed by atoms with Gasteiger partial charge in [0.25, 0.3) is 5.91 Å². The number of carbonyl (C=O) groups excluding carboxylic acids is 2. The van der Waals surface area contributed by atoms with Gasteiger partial charge in [0.1, 0.15) is 5.60 Å². The quantitative estimate of drug-likeness (QED) is 0.729. The van der Waals surface area contributed by atoms with Crippen molar-refractivity contribution in [3.63, 3.8) is 0 Å². The van der Waals surface area contributed by atoms with Crippen molar-refractivity contribution in [3.05, 3.63) is 28.8 Å². The molecule has 2 amide bonds. The zero-order valence-electron chi connectivity index (χ0n) is 12.3. The number of imide groups is 1. The Balaban J connectivity index is 2.48. The summed E-state index contributed by atoms with van der Waals surface area (Å²) in [6.07, 6.45) is -2.65. The maximum absolute atomic E-state index is 14.1. The normalized spacial score (nSPS) is 18.2. The first kappa shape index (κ1) is 14.5. The molecule has 0 spiro atoms. The van der Waals surface area contributed by atoms with Crippen LogP contribution in [0.25, 0.3) is 0 Å². The molecule has 5 heteroatoms. The number of benzene rings is 1. The van der Waals surface area contributed by atoms with Gasteiger partial charge in [0.15, 0.2) is 0 Å². The third-order valence-electron chi connectivity index (χ3n) is 2.98. The monoisotopic (exact) mass is 279 g/mol. The van der Waals surface area contributed by atoms with E-state index < -0.39 is 23.8 Å². The van der Waals surface area contributed by atoms with Gasteiger partial charge in [0.05, 0.1) is 5.69 Å². The number of hydrogen-bond acceptors (Lipinski definition) is 3. The molecule has 0 radical (unpaired) electrons. The summed E-state index contributed by atoms with van der Waals surface area (Å²) >= 11 is 0. The van der Waals surface area contributed by atoms with Gasteiger partial charge in [-0.2, -0.15) is 0 Å². The molecule has 0 bridgehead atoms. The predicted octanol–water partition coefficient (Wildman–Crippen LogP) is 3.60. The number of aryl methyl sites for hydroxylation is 2. The lowest BCUT2D eigenvalue weighted by molar-refractivity contribution is -0.122. The lowest BCUT2D eigenvalue weighted by Gasteiger charge is -2.24. The summed E-state index contributed by atoms with van der Waals surface area (Å²) in [6, 6.07) is 3.40. The molecule has 0 aliphatic carbocycles. The molecule has 1 aromatic carbocycles. The molecule has 1 aliphatic rings. The number of anilines is 1. The summed E-state index contributed by atoms with van der Waals surface area (Å²) < 4.78 is 19.3. The molecule has 0 saturated heterocycles. The molecular weight excluding hydrogens is 261 g/mol. The van der Waals surface area contributed by atoms with E-state index in [0.717, 1.165) is 10.5 Å². The second-order valence-electron chi connectivity index (χ2n) is 6.04. The van der Waals surface area contributed by atoms with Crippen LogP contribution < -0.4 is 4.90 Å². The molecule has 4 nitrogen and oxygen atoms in total. The van der Waals surface area contributed by atoms with Gasteiger partial charge in [-0.05, 0) is 40.2 Å². The molecule has 1 aromatic rings. The van der Waals surface area contributed by atoms with Crippen LogP contribution in [-0.2, 0) is 9.53 Å². The average molecular weight is 279 g/mol. The Labute approximate surface area is 117 Å². The van der Waals surface area contributed by atoms with E-state index in [4.69, 9.17) is 4.74 Å². The SMILES string of the molecule is Cc1cc(C)c2c(c1)C(F)C(=O)N2C(=O)OC(C)(C)C. The molecule has 1 unspecified atom stereocenters. The number of hydrogen-bond donors (Lipinski definition) is 0. The van der Waals surface area contributed by atoms with Crippen molar-refractivity contribution in [3.8, 4) is 0 Å². The van der Waals surface area contributed by atoms with Gasteiger partial charge < -0.3 is 4.74 Å². The fourth-order valence-corrected chi connectivity index (χ4v) is 2.34. The van der Waals surface area contributed by atoms with Crippen LogP contribution >= 0.6 is 0 Å². The van der Waals surface area contributed by atoms with E-state index in [2.05, 4.69) is 0 Å². The highest BCUT2D eigenvalue weighted by Gasteiger charge is 2.44. The van der Waals surface area contributed by atoms with E-state index in [1.54, 1.807) is 33.8 Å². The maximum Gasteiger partial charge on any atom is 0.421 e. The first-order valence-corrected chi connectivity index (χ1v) is 6.44. The highest BCUT2D eigenvalue weighted by Crippen LogP contribution is 2.41. The lowest BCUT2D eigenvalue weighted by Crippen LogP contribution is -2.39. The molecule has 0 saturated carbocycles. The van der Waals surface area contributed by atoms with Gasteiger partial charge in [-0.1, -0.05) is 17.7 Å². The van der Waals surface area contributed by atoms with Crippen LogP contribution in [-0.4, -0.2) is 17.6 Å². The third kappa shape index (κ3) is 2.40. The van der Waals surface area contributed by atoms with Crippen molar-refractivity contribution in [2.24, 2.45) is 0 Å². The second kappa shape index (κ2) is 4.58. The molecule has 2 rings (SSSR count). The average Bonchev–Trinajstić information content (AvgIpc) is 2.51. The lowest BCUT2D eigenvalue weighted by atomic mass is 10.0. The smallest absolute Gasteiger partial charge is 0.421 e. The number of rotatable bonds is 0. The second-order valence-corrected chi connectivity index (χ2v) is 6.04. The van der Waals surface area contributed by atoms with Gasteiger partial charge in [-0.15, -0.1) is 0 Å². The summed E-state index contributed by atoms with van der Waals surface area (Å²) in [6.45, 7) is 8.65. The van der Waals surface area contributed by atoms with Crippen LogP contribution in [0.15, 0.2) is 12.1 Å². The molecule has 1 aliphatic heterocycles. The minimum Gasteiger partial charge on any atom is -0.443 e. The Bertz CT molecular complexity index is 590. The molecule has 0 N–H and O–H groups in total. The fraction of sp³-hybridized carbons (Fsp3) is 0.467. The molecule has 1 heterocycles. The van der Waals surface area contributed by atoms with Crippen LogP contribution in [0.4, 0.5) is 14.9 Å². The zero-order valence-corrected chi connectivity index (χ0v) is 12.3. The first-order valence-electron chi connectivity index (χ1n) is 6.44. The van der Waals surface area contributed by atoms with Gasteiger partial charge in [-0.25, -0.2) is 14.1 Å². The van der Waals surface area contributed by atoms with Crippen LogP contribution in [0.3, 0.4) is 0 Å². The zero-order chi connectivity index (χ0) is 15.2. The number of ether oxygens (including phenoxy) is 1. The van der Waals surface area contributed by atoms with Crippen molar-refractivity contribution in [1.82, 2.24) is 0 Å². The van der Waals surface area contributed by atoms with Gasteiger partial charge in [0.2, 0.25) is 6.17 Å². The topological polar surface area (TPSA) is 46.6 Å². The number of alkyl halides is 1. The van der Waals surface area contributed by atoms with Crippen molar-refractivity contribution in [2.45, 2.75) is 46.4 Å². The molecular formula is C15H18FNO3. The number of halogens is 1. The Hall–Kier alpha value is -1.91. The van der Waals surface area contributed by atoms with E-state index in [1.807, 2.05) is 13.0 Å². The van der Waals surface area contributed by atoms with Crippen molar-refractivity contribution in [1.29, 1.82) is 0 Å². The van der Waals surface area contributed by atoms with E-state index in [1.165, 1.54) is 0 Å². The Morgan fingerprint density at radius 3 is 2.45 bits per heavy atom. The first-order chi connectivity index (χ1) is 9.11. The molecule has 1 atom stereocenters. The summed E-state index contributed by atoms with van der Waals surface area (Å²) in [5, 5.41) is 0. The Morgan fingerprint density at radius 1 is 1.30 bits per heavy atom. The van der Waals surface area contributed by atoms with E-state index in [-0.39, 0.29) is 5.56 Å². The van der Waals surface area contributed by atoms with Gasteiger partial charge in [0, 0.05) is 5.56 Å². The largest absolute Gasteiger partial charge is 0.443 e. The fourth-order valence-electron chi connectivity index (χ4n) is 2.34. The summed E-state index contributed by atoms with van der Waals surface area (Å²) in [7, 11) is 0. The van der Waals surface area contributed by atoms with Crippen molar-refractivity contribution in [2.75, 3.05) is 4.90 Å². The third-order valence-corrected chi connectivity index (χ3v) is 2.98. The number of carbonyl (C=O) groups is 2. The van der Waals surface area contributed by atoms with E-state index in [0.29, 0.717) is 11.3 Å². The summed E-state index contributed by atoms with van der Waals surface area (Å²) in [5.41, 5.74) is 1.33.